The normalized spacial score (nSPS) is 10.9. The zero-order valence-electron chi connectivity index (χ0n) is 20.0. The van der Waals surface area contributed by atoms with E-state index in [1.807, 2.05) is 80.6 Å². The first-order valence-corrected chi connectivity index (χ1v) is 11.7. The van der Waals surface area contributed by atoms with E-state index in [1.165, 1.54) is 9.13 Å². The van der Waals surface area contributed by atoms with Crippen LogP contribution in [0.15, 0.2) is 82.4 Å². The summed E-state index contributed by atoms with van der Waals surface area (Å²) in [5.74, 6) is 0.519. The lowest BCUT2D eigenvalue weighted by Gasteiger charge is -2.15. The van der Waals surface area contributed by atoms with Crippen molar-refractivity contribution in [2.75, 3.05) is 6.61 Å². The number of nitrogens with zero attached hydrogens (tertiary/aromatic N) is 2. The van der Waals surface area contributed by atoms with Crippen LogP contribution in [0.5, 0.6) is 5.75 Å². The van der Waals surface area contributed by atoms with Crippen LogP contribution in [0.1, 0.15) is 30.0 Å². The van der Waals surface area contributed by atoms with E-state index in [2.05, 4.69) is 5.32 Å². The maximum atomic E-state index is 13.0. The first-order valence-electron chi connectivity index (χ1n) is 11.7. The number of rotatable bonds is 9. The van der Waals surface area contributed by atoms with Gasteiger partial charge in [-0.3, -0.25) is 19.0 Å². The van der Waals surface area contributed by atoms with Crippen LogP contribution in [0.2, 0.25) is 0 Å². The molecule has 1 aromatic heterocycles. The third-order valence-corrected chi connectivity index (χ3v) is 5.91. The largest absolute Gasteiger partial charge is 0.494 e. The average Bonchev–Trinajstić information content (AvgIpc) is 2.87. The lowest BCUT2D eigenvalue weighted by molar-refractivity contribution is -0.121. The number of fused-ring (bicyclic) bond motifs is 1. The minimum absolute atomic E-state index is 0.0715. The molecule has 0 aliphatic rings. The molecule has 1 N–H and O–H groups in total. The number of para-hydroxylation sites is 3. The fourth-order valence-electron chi connectivity index (χ4n) is 4.07. The van der Waals surface area contributed by atoms with Crippen molar-refractivity contribution in [1.82, 2.24) is 14.5 Å². The Hall–Kier alpha value is -4.13. The number of benzene rings is 3. The number of ether oxygens (including phenoxy) is 1. The van der Waals surface area contributed by atoms with E-state index in [0.29, 0.717) is 30.7 Å². The number of amides is 1. The van der Waals surface area contributed by atoms with Crippen LogP contribution in [-0.2, 0) is 24.4 Å². The van der Waals surface area contributed by atoms with Crippen molar-refractivity contribution in [2.45, 2.75) is 39.9 Å². The summed E-state index contributed by atoms with van der Waals surface area (Å²) in [7, 11) is 0. The number of carbonyl (C=O) groups is 1. The lowest BCUT2D eigenvalue weighted by Crippen LogP contribution is -2.42. The monoisotopic (exact) mass is 471 g/mol. The molecule has 7 heteroatoms. The molecule has 0 radical (unpaired) electrons. The summed E-state index contributed by atoms with van der Waals surface area (Å²) < 4.78 is 8.50. The molecular weight excluding hydrogens is 442 g/mol. The van der Waals surface area contributed by atoms with E-state index in [1.54, 1.807) is 6.07 Å². The number of aryl methyl sites for hydroxylation is 2. The minimum atomic E-state index is -0.634. The van der Waals surface area contributed by atoms with Gasteiger partial charge in [-0.25, -0.2) is 0 Å². The quantitative estimate of drug-likeness (QED) is 0.378. The Kier molecular flexibility index (Phi) is 7.45. The summed E-state index contributed by atoms with van der Waals surface area (Å²) in [6, 6.07) is 22.7. The second kappa shape index (κ2) is 10.9. The summed E-state index contributed by atoms with van der Waals surface area (Å²) in [5, 5.41) is 2.88. The van der Waals surface area contributed by atoms with Crippen molar-refractivity contribution < 1.29 is 9.53 Å². The van der Waals surface area contributed by atoms with E-state index in [4.69, 9.17) is 4.74 Å². The average molecular weight is 472 g/mol. The van der Waals surface area contributed by atoms with Crippen LogP contribution >= 0.6 is 0 Å². The first kappa shape index (κ1) is 24.0. The summed E-state index contributed by atoms with van der Waals surface area (Å²) in [6.45, 7) is 5.18. The molecule has 0 spiro atoms. The minimum Gasteiger partial charge on any atom is -0.494 e. The van der Waals surface area contributed by atoms with Crippen LogP contribution in [0, 0.1) is 6.92 Å². The second-order valence-corrected chi connectivity index (χ2v) is 8.39. The SMILES string of the molecule is CCOc1ccccc1CNC(=O)CCn1c(=O)c(=O)n(Cc2ccc(C)cc2)c2ccccc21. The predicted molar refractivity (Wildman–Crippen MR) is 137 cm³/mol. The highest BCUT2D eigenvalue weighted by Crippen LogP contribution is 2.18. The van der Waals surface area contributed by atoms with E-state index in [0.717, 1.165) is 22.4 Å². The molecule has 4 aromatic rings. The fraction of sp³-hybridized carbons (Fsp3) is 0.250. The molecule has 1 heterocycles. The van der Waals surface area contributed by atoms with Crippen LogP contribution < -0.4 is 21.2 Å². The molecule has 0 aliphatic carbocycles. The maximum absolute atomic E-state index is 13.0. The summed E-state index contributed by atoms with van der Waals surface area (Å²) in [4.78, 5) is 38.7. The number of hydrogen-bond donors (Lipinski definition) is 1. The number of nitrogens with one attached hydrogen (secondary N) is 1. The summed E-state index contributed by atoms with van der Waals surface area (Å²) in [6.07, 6.45) is 0.0715. The molecule has 0 aliphatic heterocycles. The van der Waals surface area contributed by atoms with Gasteiger partial charge in [-0.2, -0.15) is 0 Å². The van der Waals surface area contributed by atoms with E-state index in [9.17, 15) is 14.4 Å². The molecule has 1 amide bonds. The van der Waals surface area contributed by atoms with Gasteiger partial charge >= 0.3 is 11.1 Å². The van der Waals surface area contributed by atoms with Gasteiger partial charge in [0.25, 0.3) is 0 Å². The smallest absolute Gasteiger partial charge is 0.317 e. The van der Waals surface area contributed by atoms with Crippen LogP contribution in [0.3, 0.4) is 0 Å². The van der Waals surface area contributed by atoms with Crippen molar-refractivity contribution in [3.05, 3.63) is 110 Å². The zero-order valence-corrected chi connectivity index (χ0v) is 20.0. The first-order chi connectivity index (χ1) is 17.0. The van der Waals surface area contributed by atoms with Crippen molar-refractivity contribution in [3.8, 4) is 5.75 Å². The molecule has 0 bridgehead atoms. The van der Waals surface area contributed by atoms with Gasteiger partial charge < -0.3 is 14.6 Å². The molecule has 0 atom stereocenters. The lowest BCUT2D eigenvalue weighted by atomic mass is 10.1. The molecule has 7 nitrogen and oxygen atoms in total. The van der Waals surface area contributed by atoms with Crippen LogP contribution in [0.25, 0.3) is 11.0 Å². The van der Waals surface area contributed by atoms with Crippen molar-refractivity contribution in [3.63, 3.8) is 0 Å². The van der Waals surface area contributed by atoms with Gasteiger partial charge in [0.2, 0.25) is 5.91 Å². The van der Waals surface area contributed by atoms with E-state index < -0.39 is 11.1 Å². The van der Waals surface area contributed by atoms with E-state index in [-0.39, 0.29) is 18.9 Å². The number of carbonyl (C=O) groups excluding carboxylic acids is 1. The number of aromatic nitrogens is 2. The fourth-order valence-corrected chi connectivity index (χ4v) is 4.07. The van der Waals surface area contributed by atoms with Crippen molar-refractivity contribution in [1.29, 1.82) is 0 Å². The molecule has 0 saturated heterocycles. The van der Waals surface area contributed by atoms with Crippen molar-refractivity contribution >= 4 is 16.9 Å². The molecule has 4 rings (SSSR count). The Balaban J connectivity index is 1.54. The highest BCUT2D eigenvalue weighted by molar-refractivity contribution is 5.77. The molecule has 0 saturated carbocycles. The Labute approximate surface area is 203 Å². The summed E-state index contributed by atoms with van der Waals surface area (Å²) in [5.41, 5.74) is 2.99. The van der Waals surface area contributed by atoms with Gasteiger partial charge in [-0.05, 0) is 37.6 Å². The maximum Gasteiger partial charge on any atom is 0.317 e. The van der Waals surface area contributed by atoms with Crippen molar-refractivity contribution in [2.24, 2.45) is 0 Å². The van der Waals surface area contributed by atoms with E-state index >= 15 is 0 Å². The third kappa shape index (κ3) is 5.51. The van der Waals surface area contributed by atoms with Gasteiger partial charge in [0.15, 0.2) is 0 Å². The summed E-state index contributed by atoms with van der Waals surface area (Å²) >= 11 is 0. The molecule has 0 fully saturated rings. The Bertz CT molecular complexity index is 1450. The number of hydrogen-bond acceptors (Lipinski definition) is 4. The third-order valence-electron chi connectivity index (χ3n) is 5.91. The molecule has 180 valence electrons. The van der Waals surface area contributed by atoms with Gasteiger partial charge in [-0.15, -0.1) is 0 Å². The second-order valence-electron chi connectivity index (χ2n) is 8.39. The standard InChI is InChI=1S/C28H29N3O4/c1-3-35-25-11-7-4-8-22(25)18-29-26(32)16-17-30-23-9-5-6-10-24(23)31(28(34)27(30)33)19-21-14-12-20(2)13-15-21/h4-15H,3,16-19H2,1-2H3,(H,29,32). The molecule has 0 unspecified atom stereocenters. The predicted octanol–water partition coefficient (Wildman–Crippen LogP) is 3.63. The highest BCUT2D eigenvalue weighted by atomic mass is 16.5. The zero-order chi connectivity index (χ0) is 24.8. The van der Waals surface area contributed by atoms with Gasteiger partial charge in [0.05, 0.1) is 24.2 Å². The van der Waals surface area contributed by atoms with Gasteiger partial charge in [-0.1, -0.05) is 60.2 Å². The molecular formula is C28H29N3O4. The highest BCUT2D eigenvalue weighted by Gasteiger charge is 2.14. The molecule has 35 heavy (non-hydrogen) atoms. The Morgan fingerprint density at radius 2 is 1.49 bits per heavy atom. The molecule has 3 aromatic carbocycles. The Morgan fingerprint density at radius 1 is 0.857 bits per heavy atom. The van der Waals surface area contributed by atoms with Crippen LogP contribution in [0.4, 0.5) is 0 Å². The topological polar surface area (TPSA) is 82.3 Å². The van der Waals surface area contributed by atoms with Gasteiger partial charge in [0.1, 0.15) is 5.75 Å². The van der Waals surface area contributed by atoms with Gasteiger partial charge in [0, 0.05) is 25.1 Å². The Morgan fingerprint density at radius 3 is 2.20 bits per heavy atom. The van der Waals surface area contributed by atoms with Crippen LogP contribution in [-0.4, -0.2) is 21.6 Å².